The van der Waals surface area contributed by atoms with E-state index in [2.05, 4.69) is 4.98 Å². The summed E-state index contributed by atoms with van der Waals surface area (Å²) >= 11 is 0. The Labute approximate surface area is 122 Å². The van der Waals surface area contributed by atoms with Gasteiger partial charge in [0.2, 0.25) is 5.91 Å². The van der Waals surface area contributed by atoms with Crippen LogP contribution >= 0.6 is 0 Å². The Morgan fingerprint density at radius 1 is 1.33 bits per heavy atom. The summed E-state index contributed by atoms with van der Waals surface area (Å²) in [4.78, 5) is 30.9. The second kappa shape index (κ2) is 5.82. The predicted octanol–water partition coefficient (Wildman–Crippen LogP) is 0.947. The molecule has 2 aromatic rings. The minimum atomic E-state index is -1.07. The molecule has 2 heterocycles. The highest BCUT2D eigenvalue weighted by molar-refractivity contribution is 5.94. The van der Waals surface area contributed by atoms with Crippen molar-refractivity contribution in [2.24, 2.45) is 0 Å². The maximum atomic E-state index is 11.9. The van der Waals surface area contributed by atoms with Gasteiger partial charge in [0.1, 0.15) is 5.65 Å². The Morgan fingerprint density at radius 2 is 2.05 bits per heavy atom. The van der Waals surface area contributed by atoms with Gasteiger partial charge in [-0.05, 0) is 19.1 Å². The van der Waals surface area contributed by atoms with E-state index < -0.39 is 5.97 Å². The lowest BCUT2D eigenvalue weighted by Crippen LogP contribution is -2.37. The van der Waals surface area contributed by atoms with Crippen LogP contribution in [-0.4, -0.2) is 58.5 Å². The Balaban J connectivity index is 2.50. The average Bonchev–Trinajstić information content (AvgIpc) is 2.83. The minimum Gasteiger partial charge on any atom is -0.476 e. The van der Waals surface area contributed by atoms with Gasteiger partial charge in [0.05, 0.1) is 6.54 Å². The monoisotopic (exact) mass is 290 g/mol. The second-order valence-electron chi connectivity index (χ2n) is 4.82. The number of aromatic carboxylic acids is 1. The number of hydrogen-bond donors (Lipinski definition) is 1. The van der Waals surface area contributed by atoms with Gasteiger partial charge in [-0.3, -0.25) is 9.20 Å². The van der Waals surface area contributed by atoms with Gasteiger partial charge < -0.3 is 14.9 Å². The number of fused-ring (bicyclic) bond motifs is 1. The van der Waals surface area contributed by atoms with Crippen LogP contribution in [-0.2, 0) is 4.79 Å². The summed E-state index contributed by atoms with van der Waals surface area (Å²) in [6.07, 6.45) is 1.65. The summed E-state index contributed by atoms with van der Waals surface area (Å²) in [7, 11) is 3.33. The van der Waals surface area contributed by atoms with Crippen LogP contribution in [0.25, 0.3) is 5.65 Å². The van der Waals surface area contributed by atoms with Crippen LogP contribution in [0.4, 0.5) is 5.82 Å². The van der Waals surface area contributed by atoms with E-state index >= 15 is 0 Å². The molecule has 0 aromatic carbocycles. The summed E-state index contributed by atoms with van der Waals surface area (Å²) in [5, 5.41) is 9.46. The molecular formula is C14H18N4O3. The number of carboxylic acids is 1. The first kappa shape index (κ1) is 14.8. The number of pyridine rings is 1. The first-order valence-electron chi connectivity index (χ1n) is 6.61. The Hall–Kier alpha value is -2.57. The molecule has 0 radical (unpaired) electrons. The third-order valence-electron chi connectivity index (χ3n) is 3.22. The Bertz CT molecular complexity index is 678. The third kappa shape index (κ3) is 2.81. The summed E-state index contributed by atoms with van der Waals surface area (Å²) in [6, 6.07) is 5.27. The molecule has 21 heavy (non-hydrogen) atoms. The van der Waals surface area contributed by atoms with Crippen molar-refractivity contribution in [2.75, 3.05) is 32.1 Å². The zero-order valence-corrected chi connectivity index (χ0v) is 12.3. The van der Waals surface area contributed by atoms with Crippen LogP contribution in [0.3, 0.4) is 0 Å². The van der Waals surface area contributed by atoms with Gasteiger partial charge in [-0.2, -0.15) is 0 Å². The molecule has 0 aliphatic heterocycles. The van der Waals surface area contributed by atoms with E-state index in [9.17, 15) is 14.7 Å². The van der Waals surface area contributed by atoms with Crippen molar-refractivity contribution in [1.82, 2.24) is 14.3 Å². The molecule has 0 atom stereocenters. The van der Waals surface area contributed by atoms with Crippen molar-refractivity contribution >= 4 is 23.3 Å². The van der Waals surface area contributed by atoms with Crippen molar-refractivity contribution in [3.05, 3.63) is 30.1 Å². The number of likely N-dealkylation sites (N-methyl/N-ethyl adjacent to an activating group) is 2. The second-order valence-corrected chi connectivity index (χ2v) is 4.82. The van der Waals surface area contributed by atoms with Gasteiger partial charge in [0, 0.05) is 26.8 Å². The van der Waals surface area contributed by atoms with Crippen LogP contribution in [0, 0.1) is 0 Å². The number of amides is 1. The molecule has 0 spiro atoms. The van der Waals surface area contributed by atoms with E-state index in [-0.39, 0.29) is 18.1 Å². The van der Waals surface area contributed by atoms with Crippen LogP contribution in [0.1, 0.15) is 17.4 Å². The Morgan fingerprint density at radius 3 is 2.62 bits per heavy atom. The highest BCUT2D eigenvalue weighted by atomic mass is 16.4. The van der Waals surface area contributed by atoms with Gasteiger partial charge in [-0.25, -0.2) is 9.78 Å². The average molecular weight is 290 g/mol. The van der Waals surface area contributed by atoms with Crippen molar-refractivity contribution in [3.8, 4) is 0 Å². The molecule has 0 bridgehead atoms. The smallest absolute Gasteiger partial charge is 0.356 e. The van der Waals surface area contributed by atoms with Crippen molar-refractivity contribution in [1.29, 1.82) is 0 Å². The summed E-state index contributed by atoms with van der Waals surface area (Å²) in [6.45, 7) is 2.44. The highest BCUT2D eigenvalue weighted by Crippen LogP contribution is 2.21. The normalized spacial score (nSPS) is 10.6. The molecule has 2 rings (SSSR count). The molecule has 7 heteroatoms. The molecule has 112 valence electrons. The van der Waals surface area contributed by atoms with Gasteiger partial charge >= 0.3 is 5.97 Å². The Kier molecular flexibility index (Phi) is 4.11. The van der Waals surface area contributed by atoms with Crippen molar-refractivity contribution < 1.29 is 14.7 Å². The van der Waals surface area contributed by atoms with E-state index in [1.165, 1.54) is 9.30 Å². The van der Waals surface area contributed by atoms with Crippen LogP contribution in [0.5, 0.6) is 0 Å². The van der Waals surface area contributed by atoms with E-state index in [0.717, 1.165) is 0 Å². The number of carboxylic acid groups (broad SMARTS) is 1. The number of aromatic nitrogens is 2. The van der Waals surface area contributed by atoms with Gasteiger partial charge in [0.15, 0.2) is 11.5 Å². The predicted molar refractivity (Wildman–Crippen MR) is 78.7 cm³/mol. The van der Waals surface area contributed by atoms with Gasteiger partial charge in [-0.1, -0.05) is 6.07 Å². The third-order valence-corrected chi connectivity index (χ3v) is 3.22. The SMILES string of the molecule is CCN(CC(=O)N(C)C)c1nc2ccccn2c1C(=O)O. The van der Waals surface area contributed by atoms with E-state index in [1.807, 2.05) is 6.92 Å². The number of rotatable bonds is 5. The molecule has 1 N–H and O–H groups in total. The standard InChI is InChI=1S/C14H18N4O3/c1-4-17(9-11(19)16(2)3)13-12(14(20)21)18-8-6-5-7-10(18)15-13/h5-8H,4,9H2,1-3H3,(H,20,21). The molecular weight excluding hydrogens is 272 g/mol. The van der Waals surface area contributed by atoms with E-state index in [4.69, 9.17) is 0 Å². The first-order valence-corrected chi connectivity index (χ1v) is 6.61. The summed E-state index contributed by atoms with van der Waals surface area (Å²) in [5.41, 5.74) is 0.611. The molecule has 0 aliphatic rings. The van der Waals surface area contributed by atoms with Crippen molar-refractivity contribution in [2.45, 2.75) is 6.92 Å². The zero-order valence-electron chi connectivity index (χ0n) is 12.3. The van der Waals surface area contributed by atoms with Crippen LogP contribution in [0.15, 0.2) is 24.4 Å². The first-order chi connectivity index (χ1) is 9.95. The fraction of sp³-hybridized carbons (Fsp3) is 0.357. The van der Waals surface area contributed by atoms with E-state index in [1.54, 1.807) is 43.4 Å². The maximum absolute atomic E-state index is 11.9. The number of hydrogen-bond acceptors (Lipinski definition) is 4. The van der Waals surface area contributed by atoms with Gasteiger partial charge in [0.25, 0.3) is 0 Å². The topological polar surface area (TPSA) is 78.2 Å². The lowest BCUT2D eigenvalue weighted by atomic mass is 10.3. The van der Waals surface area contributed by atoms with Crippen LogP contribution in [0.2, 0.25) is 0 Å². The lowest BCUT2D eigenvalue weighted by Gasteiger charge is -2.22. The molecule has 0 unspecified atom stereocenters. The number of imidazole rings is 1. The number of carbonyl (C=O) groups excluding carboxylic acids is 1. The molecule has 2 aromatic heterocycles. The van der Waals surface area contributed by atoms with Gasteiger partial charge in [-0.15, -0.1) is 0 Å². The largest absolute Gasteiger partial charge is 0.476 e. The fourth-order valence-corrected chi connectivity index (χ4v) is 2.04. The number of nitrogens with zero attached hydrogens (tertiary/aromatic N) is 4. The highest BCUT2D eigenvalue weighted by Gasteiger charge is 2.24. The molecule has 0 saturated heterocycles. The molecule has 1 amide bonds. The zero-order chi connectivity index (χ0) is 15.6. The molecule has 0 fully saturated rings. The number of anilines is 1. The maximum Gasteiger partial charge on any atom is 0.356 e. The molecule has 0 saturated carbocycles. The van der Waals surface area contributed by atoms with Crippen molar-refractivity contribution in [3.63, 3.8) is 0 Å². The molecule has 0 aliphatic carbocycles. The minimum absolute atomic E-state index is 0.0685. The fourth-order valence-electron chi connectivity index (χ4n) is 2.04. The number of carbonyl (C=O) groups is 2. The quantitative estimate of drug-likeness (QED) is 0.887. The van der Waals surface area contributed by atoms with Crippen LogP contribution < -0.4 is 4.90 Å². The lowest BCUT2D eigenvalue weighted by molar-refractivity contribution is -0.127. The summed E-state index contributed by atoms with van der Waals surface area (Å²) in [5.74, 6) is -0.865. The molecule has 7 nitrogen and oxygen atoms in total. The van der Waals surface area contributed by atoms with E-state index in [0.29, 0.717) is 18.0 Å². The summed E-state index contributed by atoms with van der Waals surface area (Å²) < 4.78 is 1.51.